The number of hydrogen-bond donors (Lipinski definition) is 1. The van der Waals surface area contributed by atoms with Crippen LogP contribution in [0.2, 0.25) is 5.02 Å². The molecule has 2 heterocycles. The van der Waals surface area contributed by atoms with E-state index in [1.54, 1.807) is 12.1 Å². The fraction of sp³-hybridized carbons (Fsp3) is 0.333. The summed E-state index contributed by atoms with van der Waals surface area (Å²) in [6.07, 6.45) is 0. The van der Waals surface area contributed by atoms with Gasteiger partial charge in [-0.25, -0.2) is 8.42 Å². The Bertz CT molecular complexity index is 1130. The van der Waals surface area contributed by atoms with Crippen LogP contribution in [0.4, 0.5) is 11.4 Å². The molecule has 1 N–H and O–H groups in total. The van der Waals surface area contributed by atoms with Crippen LogP contribution < -0.4 is 10.2 Å². The molecule has 0 bridgehead atoms. The first-order valence-electron chi connectivity index (χ1n) is 9.55. The lowest BCUT2D eigenvalue weighted by Gasteiger charge is -2.26. The Kier molecular flexibility index (Phi) is 5.83. The average Bonchev–Trinajstić information content (AvgIpc) is 3.14. The maximum Gasteiger partial charge on any atom is 0.234 e. The molecule has 1 saturated heterocycles. The van der Waals surface area contributed by atoms with Gasteiger partial charge in [-0.2, -0.15) is 0 Å². The van der Waals surface area contributed by atoms with Gasteiger partial charge >= 0.3 is 0 Å². The monoisotopic (exact) mass is 463 g/mol. The minimum Gasteiger partial charge on any atom is -0.325 e. The van der Waals surface area contributed by atoms with Crippen molar-refractivity contribution in [2.75, 3.05) is 27.5 Å². The van der Waals surface area contributed by atoms with Crippen LogP contribution in [-0.2, 0) is 14.6 Å². The number of benzene rings is 2. The second-order valence-electron chi connectivity index (χ2n) is 7.63. The topological polar surface area (TPSA) is 78.8 Å². The highest BCUT2D eigenvalue weighted by Gasteiger charge is 2.47. The Hall–Kier alpha value is -2.03. The predicted octanol–water partition coefficient (Wildman–Crippen LogP) is 3.67. The number of amidine groups is 1. The number of aliphatic imine (C=N–C) groups is 1. The molecule has 6 nitrogen and oxygen atoms in total. The predicted molar refractivity (Wildman–Crippen MR) is 125 cm³/mol. The molecule has 0 aromatic heterocycles. The molecule has 2 atom stereocenters. The first-order valence-corrected chi connectivity index (χ1v) is 12.7. The number of nitrogens with one attached hydrogen (secondary N) is 1. The van der Waals surface area contributed by atoms with E-state index in [0.717, 1.165) is 22.5 Å². The fourth-order valence-electron chi connectivity index (χ4n) is 3.75. The van der Waals surface area contributed by atoms with Crippen molar-refractivity contribution in [3.8, 4) is 0 Å². The summed E-state index contributed by atoms with van der Waals surface area (Å²) >= 11 is 7.47. The van der Waals surface area contributed by atoms with E-state index in [1.807, 2.05) is 49.1 Å². The van der Waals surface area contributed by atoms with E-state index in [9.17, 15) is 13.2 Å². The molecule has 0 aliphatic carbocycles. The lowest BCUT2D eigenvalue weighted by Crippen LogP contribution is -2.39. The number of nitrogens with zero attached hydrogens (tertiary/aromatic N) is 2. The number of carbonyl (C=O) groups excluding carboxylic acids is 1. The fourth-order valence-corrected chi connectivity index (χ4v) is 6.70. The van der Waals surface area contributed by atoms with Gasteiger partial charge in [-0.1, -0.05) is 41.6 Å². The third-order valence-electron chi connectivity index (χ3n) is 5.19. The van der Waals surface area contributed by atoms with Crippen LogP contribution in [0.15, 0.2) is 47.5 Å². The number of sulfone groups is 1. The van der Waals surface area contributed by atoms with Crippen molar-refractivity contribution < 1.29 is 13.2 Å². The minimum atomic E-state index is -3.13. The largest absolute Gasteiger partial charge is 0.325 e. The zero-order valence-electron chi connectivity index (χ0n) is 16.6. The van der Waals surface area contributed by atoms with Crippen LogP contribution in [0, 0.1) is 13.8 Å². The van der Waals surface area contributed by atoms with Gasteiger partial charge in [0, 0.05) is 16.4 Å². The molecule has 2 aliphatic rings. The van der Waals surface area contributed by atoms with E-state index in [-0.39, 0.29) is 35.2 Å². The van der Waals surface area contributed by atoms with E-state index in [0.29, 0.717) is 10.2 Å². The van der Waals surface area contributed by atoms with E-state index in [1.165, 1.54) is 11.8 Å². The third kappa shape index (κ3) is 4.50. The van der Waals surface area contributed by atoms with Gasteiger partial charge in [-0.05, 0) is 49.2 Å². The number of aryl methyl sites for hydroxylation is 2. The summed E-state index contributed by atoms with van der Waals surface area (Å²) in [7, 11) is -3.13. The molecule has 2 aromatic carbocycles. The molecule has 158 valence electrons. The van der Waals surface area contributed by atoms with Crippen molar-refractivity contribution in [1.82, 2.24) is 0 Å². The van der Waals surface area contributed by atoms with Crippen molar-refractivity contribution in [2.24, 2.45) is 4.99 Å². The summed E-state index contributed by atoms with van der Waals surface area (Å²) in [5.41, 5.74) is 3.65. The number of halogens is 1. The molecule has 2 aliphatic heterocycles. The zero-order valence-corrected chi connectivity index (χ0v) is 19.0. The molecule has 1 amide bonds. The molecule has 0 spiro atoms. The maximum absolute atomic E-state index is 12.6. The Balaban J connectivity index is 1.51. The van der Waals surface area contributed by atoms with Gasteiger partial charge < -0.3 is 10.2 Å². The number of fused-ring (bicyclic) bond motifs is 1. The normalized spacial score (nSPS) is 22.0. The third-order valence-corrected chi connectivity index (χ3v) is 8.09. The van der Waals surface area contributed by atoms with E-state index >= 15 is 0 Å². The first kappa shape index (κ1) is 21.2. The molecule has 1 fully saturated rings. The van der Waals surface area contributed by atoms with Crippen LogP contribution in [0.25, 0.3) is 0 Å². The number of anilines is 2. The molecular weight excluding hydrogens is 442 g/mol. The summed E-state index contributed by atoms with van der Waals surface area (Å²) in [5.74, 6) is 0.127. The highest BCUT2D eigenvalue weighted by molar-refractivity contribution is 8.14. The summed E-state index contributed by atoms with van der Waals surface area (Å²) < 4.78 is 24.3. The number of hydrogen-bond acceptors (Lipinski definition) is 6. The van der Waals surface area contributed by atoms with Gasteiger partial charge in [0.05, 0.1) is 29.3 Å². The van der Waals surface area contributed by atoms with Gasteiger partial charge in [-0.15, -0.1) is 0 Å². The first-order chi connectivity index (χ1) is 14.2. The van der Waals surface area contributed by atoms with Crippen molar-refractivity contribution in [2.45, 2.75) is 25.9 Å². The molecule has 2 aromatic rings. The van der Waals surface area contributed by atoms with E-state index < -0.39 is 9.84 Å². The quantitative estimate of drug-likeness (QED) is 0.748. The smallest absolute Gasteiger partial charge is 0.234 e. The Morgan fingerprint density at radius 2 is 2.03 bits per heavy atom. The highest BCUT2D eigenvalue weighted by Crippen LogP contribution is 2.36. The molecular formula is C21H22ClN3O3S2. The van der Waals surface area contributed by atoms with Crippen molar-refractivity contribution in [1.29, 1.82) is 0 Å². The van der Waals surface area contributed by atoms with Gasteiger partial charge in [0.15, 0.2) is 15.0 Å². The molecule has 30 heavy (non-hydrogen) atoms. The van der Waals surface area contributed by atoms with Gasteiger partial charge in [0.2, 0.25) is 5.91 Å². The van der Waals surface area contributed by atoms with Crippen LogP contribution >= 0.6 is 23.4 Å². The second kappa shape index (κ2) is 8.24. The standard InChI is InChI=1S/C21H22ClN3O3S2/c1-13-6-7-14(2)17(8-13)23-20(26)10-29-21-24-18-11-30(27,28)12-19(18)25(21)16-5-3-4-15(22)9-16/h3-9,18-19H,10-12H2,1-2H3,(H,23,26)/t18-,19-/m0/s1. The minimum absolute atomic E-state index is 0.0352. The van der Waals surface area contributed by atoms with Crippen LogP contribution in [0.5, 0.6) is 0 Å². The number of thioether (sulfide) groups is 1. The summed E-state index contributed by atoms with van der Waals surface area (Å²) in [6, 6.07) is 12.6. The SMILES string of the molecule is Cc1ccc(C)c(NC(=O)CSC2=N[C@H]3CS(=O)(=O)C[C@@H]3N2c2cccc(Cl)c2)c1. The van der Waals surface area contributed by atoms with Crippen molar-refractivity contribution in [3.05, 3.63) is 58.6 Å². The second-order valence-corrected chi connectivity index (χ2v) is 11.2. The zero-order chi connectivity index (χ0) is 21.5. The van der Waals surface area contributed by atoms with E-state index in [2.05, 4.69) is 10.3 Å². The molecule has 0 unspecified atom stereocenters. The number of carbonyl (C=O) groups is 1. The van der Waals surface area contributed by atoms with Crippen LogP contribution in [-0.4, -0.2) is 48.8 Å². The van der Waals surface area contributed by atoms with Crippen LogP contribution in [0.1, 0.15) is 11.1 Å². The lowest BCUT2D eigenvalue weighted by molar-refractivity contribution is -0.113. The van der Waals surface area contributed by atoms with Gasteiger partial charge in [0.1, 0.15) is 0 Å². The molecule has 0 saturated carbocycles. The summed E-state index contributed by atoms with van der Waals surface area (Å²) in [6.45, 7) is 3.93. The maximum atomic E-state index is 12.6. The van der Waals surface area contributed by atoms with Gasteiger partial charge in [-0.3, -0.25) is 9.79 Å². The summed E-state index contributed by atoms with van der Waals surface area (Å²) in [5, 5.41) is 4.17. The number of amides is 1. The Morgan fingerprint density at radius 3 is 2.80 bits per heavy atom. The summed E-state index contributed by atoms with van der Waals surface area (Å²) in [4.78, 5) is 19.1. The molecule has 0 radical (unpaired) electrons. The van der Waals surface area contributed by atoms with Gasteiger partial charge in [0.25, 0.3) is 0 Å². The molecule has 9 heteroatoms. The van der Waals surface area contributed by atoms with E-state index in [4.69, 9.17) is 11.6 Å². The number of rotatable bonds is 4. The van der Waals surface area contributed by atoms with Crippen LogP contribution in [0.3, 0.4) is 0 Å². The van der Waals surface area contributed by atoms with Crippen molar-refractivity contribution >= 4 is 55.6 Å². The Morgan fingerprint density at radius 1 is 1.23 bits per heavy atom. The Labute approximate surface area is 185 Å². The lowest BCUT2D eigenvalue weighted by atomic mass is 10.1. The average molecular weight is 464 g/mol. The highest BCUT2D eigenvalue weighted by atomic mass is 35.5. The molecule has 4 rings (SSSR count). The van der Waals surface area contributed by atoms with Crippen molar-refractivity contribution in [3.63, 3.8) is 0 Å².